The van der Waals surface area contributed by atoms with Gasteiger partial charge in [0.05, 0.1) is 11.8 Å². The van der Waals surface area contributed by atoms with Crippen molar-refractivity contribution in [2.75, 3.05) is 0 Å². The predicted octanol–water partition coefficient (Wildman–Crippen LogP) is 5.24. The van der Waals surface area contributed by atoms with Crippen LogP contribution in [0.1, 0.15) is 42.9 Å². The van der Waals surface area contributed by atoms with Gasteiger partial charge in [0.1, 0.15) is 0 Å². The van der Waals surface area contributed by atoms with Crippen LogP contribution >= 0.6 is 0 Å². The minimum Gasteiger partial charge on any atom is -0.256 e. The molecule has 0 saturated carbocycles. The normalized spacial score (nSPS) is 10.7. The summed E-state index contributed by atoms with van der Waals surface area (Å²) in [7, 11) is 0. The van der Waals surface area contributed by atoms with Crippen LogP contribution < -0.4 is 0 Å². The quantitative estimate of drug-likeness (QED) is 0.643. The number of unbranched alkanes of at least 4 members (excludes halogenated alkanes) is 1. The van der Waals surface area contributed by atoms with Crippen molar-refractivity contribution in [1.29, 1.82) is 5.26 Å². The van der Waals surface area contributed by atoms with E-state index in [1.807, 2.05) is 30.5 Å². The fourth-order valence-corrected chi connectivity index (χ4v) is 2.25. The first-order valence-electron chi connectivity index (χ1n) is 7.90. The van der Waals surface area contributed by atoms with Crippen LogP contribution in [0.2, 0.25) is 0 Å². The summed E-state index contributed by atoms with van der Waals surface area (Å²) in [4.78, 5) is 4.50. The number of nitrogens with zero attached hydrogens (tertiary/aromatic N) is 2. The number of rotatable bonds is 7. The monoisotopic (exact) mass is 290 g/mol. The first-order chi connectivity index (χ1) is 10.8. The van der Waals surface area contributed by atoms with E-state index in [0.717, 1.165) is 24.1 Å². The second kappa shape index (κ2) is 8.79. The van der Waals surface area contributed by atoms with E-state index < -0.39 is 0 Å². The number of aryl methyl sites for hydroxylation is 2. The molecule has 2 aromatic carbocycles. The van der Waals surface area contributed by atoms with E-state index in [2.05, 4.69) is 42.3 Å². The smallest absolute Gasteiger partial charge is 0.0630 e. The van der Waals surface area contributed by atoms with Crippen molar-refractivity contribution in [3.63, 3.8) is 0 Å². The Morgan fingerprint density at radius 1 is 0.955 bits per heavy atom. The molecule has 112 valence electrons. The molecule has 2 aromatic rings. The summed E-state index contributed by atoms with van der Waals surface area (Å²) in [6.07, 6.45) is 6.89. The Bertz CT molecular complexity index is 631. The van der Waals surface area contributed by atoms with E-state index >= 15 is 0 Å². The molecule has 2 heteroatoms. The highest BCUT2D eigenvalue weighted by atomic mass is 14.7. The van der Waals surface area contributed by atoms with Crippen LogP contribution in [-0.4, -0.2) is 6.21 Å². The van der Waals surface area contributed by atoms with Gasteiger partial charge in [0.2, 0.25) is 0 Å². The van der Waals surface area contributed by atoms with Gasteiger partial charge in [-0.05, 0) is 48.1 Å². The van der Waals surface area contributed by atoms with Gasteiger partial charge in [0, 0.05) is 12.6 Å². The maximum absolute atomic E-state index is 8.59. The molecule has 0 aliphatic rings. The summed E-state index contributed by atoms with van der Waals surface area (Å²) in [6.45, 7) is 2.21. The van der Waals surface area contributed by atoms with E-state index in [4.69, 9.17) is 5.26 Å². The zero-order chi connectivity index (χ0) is 15.6. The molecule has 0 aromatic heterocycles. The van der Waals surface area contributed by atoms with Crippen molar-refractivity contribution >= 4 is 11.9 Å². The lowest BCUT2D eigenvalue weighted by Gasteiger charge is -2.01. The minimum atomic E-state index is 0.562. The Labute approximate surface area is 133 Å². The van der Waals surface area contributed by atoms with Gasteiger partial charge in [-0.3, -0.25) is 4.99 Å². The Morgan fingerprint density at radius 2 is 1.59 bits per heavy atom. The van der Waals surface area contributed by atoms with Crippen LogP contribution in [0.4, 0.5) is 5.69 Å². The van der Waals surface area contributed by atoms with Crippen LogP contribution in [0.3, 0.4) is 0 Å². The molecule has 0 bridgehead atoms. The molecule has 0 atom stereocenters. The molecule has 0 heterocycles. The molecule has 0 saturated heterocycles. The topological polar surface area (TPSA) is 36.1 Å². The summed E-state index contributed by atoms with van der Waals surface area (Å²) in [5.41, 5.74) is 4.63. The van der Waals surface area contributed by atoms with Crippen LogP contribution in [0, 0.1) is 11.3 Å². The second-order valence-electron chi connectivity index (χ2n) is 5.43. The average Bonchev–Trinajstić information content (AvgIpc) is 2.58. The number of nitriles is 1. The van der Waals surface area contributed by atoms with Crippen molar-refractivity contribution in [3.8, 4) is 6.07 Å². The van der Waals surface area contributed by atoms with Crippen molar-refractivity contribution in [3.05, 3.63) is 65.2 Å². The summed E-state index contributed by atoms with van der Waals surface area (Å²) in [5, 5.41) is 8.59. The highest BCUT2D eigenvalue weighted by Crippen LogP contribution is 2.14. The lowest BCUT2D eigenvalue weighted by atomic mass is 10.1. The zero-order valence-corrected chi connectivity index (χ0v) is 13.1. The number of hydrogen-bond acceptors (Lipinski definition) is 2. The molecule has 0 fully saturated rings. The largest absolute Gasteiger partial charge is 0.256 e. The summed E-state index contributed by atoms with van der Waals surface area (Å²) >= 11 is 0. The lowest BCUT2D eigenvalue weighted by Crippen LogP contribution is -1.86. The Morgan fingerprint density at radius 3 is 2.23 bits per heavy atom. The van der Waals surface area contributed by atoms with Gasteiger partial charge in [-0.1, -0.05) is 49.7 Å². The van der Waals surface area contributed by atoms with Crippen molar-refractivity contribution in [2.45, 2.75) is 39.0 Å². The van der Waals surface area contributed by atoms with Crippen molar-refractivity contribution < 1.29 is 0 Å². The summed E-state index contributed by atoms with van der Waals surface area (Å²) in [6, 6.07) is 18.8. The van der Waals surface area contributed by atoms with Crippen LogP contribution in [0.15, 0.2) is 53.5 Å². The standard InChI is InChI=1S/C20H22N2/c1-2-3-5-17-7-9-19(10-8-17)16-22-20-13-11-18(12-14-20)6-4-15-21/h7-14,16H,2-6H2,1H3. The SMILES string of the molecule is CCCCc1ccc(C=Nc2ccc(CCC#N)cc2)cc1. The fraction of sp³-hybridized carbons (Fsp3) is 0.300. The third kappa shape index (κ3) is 5.18. The fourth-order valence-electron chi connectivity index (χ4n) is 2.25. The molecule has 2 nitrogen and oxygen atoms in total. The summed E-state index contributed by atoms with van der Waals surface area (Å²) < 4.78 is 0. The highest BCUT2D eigenvalue weighted by Gasteiger charge is 1.95. The van der Waals surface area contributed by atoms with Crippen LogP contribution in [0.5, 0.6) is 0 Å². The predicted molar refractivity (Wildman–Crippen MR) is 92.7 cm³/mol. The van der Waals surface area contributed by atoms with E-state index in [-0.39, 0.29) is 0 Å². The maximum atomic E-state index is 8.59. The third-order valence-electron chi connectivity index (χ3n) is 3.62. The zero-order valence-electron chi connectivity index (χ0n) is 13.1. The molecule has 0 N–H and O–H groups in total. The average molecular weight is 290 g/mol. The van der Waals surface area contributed by atoms with Crippen molar-refractivity contribution in [2.24, 2.45) is 4.99 Å². The minimum absolute atomic E-state index is 0.562. The van der Waals surface area contributed by atoms with Crippen molar-refractivity contribution in [1.82, 2.24) is 0 Å². The molecule has 2 rings (SSSR count). The maximum Gasteiger partial charge on any atom is 0.0630 e. The van der Waals surface area contributed by atoms with Gasteiger partial charge in [-0.25, -0.2) is 0 Å². The molecule has 0 aliphatic carbocycles. The number of benzene rings is 2. The molecule has 0 unspecified atom stereocenters. The van der Waals surface area contributed by atoms with E-state index in [1.165, 1.54) is 24.0 Å². The van der Waals surface area contributed by atoms with Crippen LogP contribution in [-0.2, 0) is 12.8 Å². The molecule has 22 heavy (non-hydrogen) atoms. The van der Waals surface area contributed by atoms with Gasteiger partial charge in [0.15, 0.2) is 0 Å². The lowest BCUT2D eigenvalue weighted by molar-refractivity contribution is 0.795. The first-order valence-corrected chi connectivity index (χ1v) is 7.90. The molecule has 0 aliphatic heterocycles. The Hall–Kier alpha value is -2.40. The van der Waals surface area contributed by atoms with E-state index in [1.54, 1.807) is 0 Å². The van der Waals surface area contributed by atoms with E-state index in [0.29, 0.717) is 6.42 Å². The highest BCUT2D eigenvalue weighted by molar-refractivity contribution is 5.81. The molecular formula is C20H22N2. The van der Waals surface area contributed by atoms with Crippen LogP contribution in [0.25, 0.3) is 0 Å². The Balaban J connectivity index is 1.94. The molecule has 0 radical (unpaired) electrons. The Kier molecular flexibility index (Phi) is 6.39. The van der Waals surface area contributed by atoms with Gasteiger partial charge < -0.3 is 0 Å². The van der Waals surface area contributed by atoms with Gasteiger partial charge in [-0.2, -0.15) is 5.26 Å². The third-order valence-corrected chi connectivity index (χ3v) is 3.62. The molecule has 0 spiro atoms. The summed E-state index contributed by atoms with van der Waals surface area (Å²) in [5.74, 6) is 0. The van der Waals surface area contributed by atoms with Gasteiger partial charge >= 0.3 is 0 Å². The number of hydrogen-bond donors (Lipinski definition) is 0. The van der Waals surface area contributed by atoms with Gasteiger partial charge in [0.25, 0.3) is 0 Å². The first kappa shape index (κ1) is 16.0. The molecule has 0 amide bonds. The second-order valence-corrected chi connectivity index (χ2v) is 5.43. The van der Waals surface area contributed by atoms with Gasteiger partial charge in [-0.15, -0.1) is 0 Å². The number of aliphatic imine (C=N–C) groups is 1. The molecular weight excluding hydrogens is 268 g/mol. The van der Waals surface area contributed by atoms with E-state index in [9.17, 15) is 0 Å².